The maximum atomic E-state index is 12.8. The average molecular weight is 404 g/mol. The minimum Gasteiger partial charge on any atom is -0.491 e. The van der Waals surface area contributed by atoms with Crippen LogP contribution >= 0.6 is 11.3 Å². The molecule has 2 aromatic rings. The fourth-order valence-corrected chi connectivity index (χ4v) is 5.13. The van der Waals surface area contributed by atoms with Crippen LogP contribution in [0.4, 0.5) is 0 Å². The van der Waals surface area contributed by atoms with Gasteiger partial charge >= 0.3 is 5.97 Å². The van der Waals surface area contributed by atoms with Crippen LogP contribution in [0.1, 0.15) is 43.4 Å². The van der Waals surface area contributed by atoms with E-state index in [1.165, 1.54) is 30.7 Å². The van der Waals surface area contributed by atoms with Crippen molar-refractivity contribution in [2.75, 3.05) is 26.8 Å². The molecule has 1 spiro atoms. The molecule has 0 aliphatic carbocycles. The zero-order chi connectivity index (χ0) is 19.9. The largest absolute Gasteiger partial charge is 0.491 e. The van der Waals surface area contributed by atoms with Gasteiger partial charge in [0.05, 0.1) is 13.7 Å². The van der Waals surface area contributed by atoms with Gasteiger partial charge in [0.1, 0.15) is 16.2 Å². The van der Waals surface area contributed by atoms with Crippen molar-refractivity contribution in [3.8, 4) is 5.75 Å². The van der Waals surface area contributed by atoms with Crippen LogP contribution in [-0.2, 0) is 16.8 Å². The van der Waals surface area contributed by atoms with Crippen molar-refractivity contribution in [1.29, 1.82) is 0 Å². The van der Waals surface area contributed by atoms with Crippen molar-refractivity contribution in [1.82, 2.24) is 9.88 Å². The van der Waals surface area contributed by atoms with Gasteiger partial charge in [0.25, 0.3) is 5.91 Å². The lowest BCUT2D eigenvalue weighted by Gasteiger charge is -2.43. The Morgan fingerprint density at radius 2 is 2.07 bits per heavy atom. The number of ether oxygens (including phenoxy) is 2. The highest BCUT2D eigenvalue weighted by molar-refractivity contribution is 7.14. The van der Waals surface area contributed by atoms with E-state index >= 15 is 0 Å². The zero-order valence-electron chi connectivity index (χ0n) is 15.3. The van der Waals surface area contributed by atoms with Crippen LogP contribution in [0.2, 0.25) is 0 Å². The molecule has 2 N–H and O–H groups in total. The molecule has 2 aliphatic rings. The fraction of sp³-hybridized carbons (Fsp3) is 0.421. The lowest BCUT2D eigenvalue weighted by Crippen LogP contribution is -2.48. The number of nitrogens with one attached hydrogen (secondary N) is 1. The minimum absolute atomic E-state index is 0.157. The number of carbonyl (C=O) groups excluding carboxylic acids is 1. The highest BCUT2D eigenvalue weighted by Gasteiger charge is 2.43. The number of thiophene rings is 1. The number of nitrogens with zero attached hydrogens (tertiary/aromatic N) is 1. The van der Waals surface area contributed by atoms with Crippen molar-refractivity contribution in [3.05, 3.63) is 49.6 Å². The van der Waals surface area contributed by atoms with E-state index in [9.17, 15) is 19.5 Å². The van der Waals surface area contributed by atoms with E-state index in [1.807, 2.05) is 0 Å². The number of piperidine rings is 1. The van der Waals surface area contributed by atoms with E-state index in [-0.39, 0.29) is 22.8 Å². The van der Waals surface area contributed by atoms with Gasteiger partial charge in [-0.05, 0) is 30.9 Å². The number of pyridine rings is 1. The normalized spacial score (nSPS) is 18.0. The number of aromatic carboxylic acids is 1. The van der Waals surface area contributed by atoms with E-state index in [1.54, 1.807) is 11.0 Å². The third-order valence-electron chi connectivity index (χ3n) is 5.37. The Kier molecular flexibility index (Phi) is 4.72. The Balaban J connectivity index is 1.52. The summed E-state index contributed by atoms with van der Waals surface area (Å²) in [6.07, 6.45) is 3.27. The van der Waals surface area contributed by atoms with Gasteiger partial charge in [0.15, 0.2) is 5.75 Å². The summed E-state index contributed by atoms with van der Waals surface area (Å²) in [6.45, 7) is 1.47. The number of aromatic amines is 1. The molecule has 0 aromatic carbocycles. The second kappa shape index (κ2) is 7.06. The number of H-pyrrole nitrogens is 1. The van der Waals surface area contributed by atoms with Crippen LogP contribution in [-0.4, -0.2) is 53.7 Å². The summed E-state index contributed by atoms with van der Waals surface area (Å²) in [5, 5.41) is 9.30. The summed E-state index contributed by atoms with van der Waals surface area (Å²) in [5.74, 6) is -1.02. The van der Waals surface area contributed by atoms with Gasteiger partial charge in [-0.3, -0.25) is 9.59 Å². The number of methoxy groups -OCH3 is 1. The smallest absolute Gasteiger partial charge is 0.345 e. The maximum absolute atomic E-state index is 12.8. The highest BCUT2D eigenvalue weighted by Crippen LogP contribution is 2.45. The summed E-state index contributed by atoms with van der Waals surface area (Å²) in [7, 11) is 1.40. The van der Waals surface area contributed by atoms with Crippen LogP contribution in [0.25, 0.3) is 0 Å². The first-order valence-corrected chi connectivity index (χ1v) is 9.81. The third kappa shape index (κ3) is 3.10. The maximum Gasteiger partial charge on any atom is 0.345 e. The summed E-state index contributed by atoms with van der Waals surface area (Å²) in [4.78, 5) is 41.8. The number of carboxylic acids is 1. The molecule has 0 bridgehead atoms. The predicted octanol–water partition coefficient (Wildman–Crippen LogP) is 1.85. The number of hydrogen-bond donors (Lipinski definition) is 2. The Morgan fingerprint density at radius 1 is 1.32 bits per heavy atom. The summed E-state index contributed by atoms with van der Waals surface area (Å²) in [5.41, 5.74) is 0.373. The number of aromatic nitrogens is 1. The minimum atomic E-state index is -0.925. The first-order valence-electron chi connectivity index (χ1n) is 9.00. The second-order valence-corrected chi connectivity index (χ2v) is 7.99. The molecule has 1 fully saturated rings. The molecule has 1 amide bonds. The number of fused-ring (bicyclic) bond motifs is 2. The van der Waals surface area contributed by atoms with Gasteiger partial charge in [-0.1, -0.05) is 0 Å². The van der Waals surface area contributed by atoms with E-state index in [0.29, 0.717) is 43.8 Å². The van der Waals surface area contributed by atoms with E-state index in [0.717, 1.165) is 10.4 Å². The highest BCUT2D eigenvalue weighted by atomic mass is 32.1. The number of carbonyl (C=O) groups is 2. The third-order valence-corrected chi connectivity index (χ3v) is 6.72. The van der Waals surface area contributed by atoms with Crippen LogP contribution < -0.4 is 10.2 Å². The number of hydrogen-bond acceptors (Lipinski definition) is 6. The van der Waals surface area contributed by atoms with Gasteiger partial charge < -0.3 is 24.5 Å². The van der Waals surface area contributed by atoms with Crippen molar-refractivity contribution in [2.24, 2.45) is 0 Å². The van der Waals surface area contributed by atoms with Gasteiger partial charge in [-0.25, -0.2) is 4.79 Å². The average Bonchev–Trinajstić information content (AvgIpc) is 3.14. The quantitative estimate of drug-likeness (QED) is 0.808. The molecular formula is C19H20N2O6S. The molecule has 4 heterocycles. The first kappa shape index (κ1) is 18.7. The molecule has 1 saturated heterocycles. The zero-order valence-corrected chi connectivity index (χ0v) is 16.1. The molecule has 0 unspecified atom stereocenters. The molecule has 2 aromatic heterocycles. The molecule has 2 aliphatic heterocycles. The summed E-state index contributed by atoms with van der Waals surface area (Å²) >= 11 is 1.27. The summed E-state index contributed by atoms with van der Waals surface area (Å²) < 4.78 is 11.0. The monoisotopic (exact) mass is 404 g/mol. The van der Waals surface area contributed by atoms with E-state index < -0.39 is 11.6 Å². The molecule has 9 heteroatoms. The van der Waals surface area contributed by atoms with Gasteiger partial charge in [-0.15, -0.1) is 11.3 Å². The number of amides is 1. The van der Waals surface area contributed by atoms with Crippen molar-refractivity contribution in [3.63, 3.8) is 0 Å². The molecular weight excluding hydrogens is 384 g/mol. The van der Waals surface area contributed by atoms with Crippen LogP contribution in [0.15, 0.2) is 23.1 Å². The Bertz CT molecular complexity index is 987. The van der Waals surface area contributed by atoms with E-state index in [2.05, 4.69) is 4.98 Å². The molecule has 4 rings (SSSR count). The standard InChI is InChI=1S/C19H20N2O6S/c1-26-14-10-20-12(9-13(14)22)17(23)21-5-3-19(4-6-21)16-11(2-7-27-19)8-15(28-16)18(24)25/h8-10H,2-7H2,1H3,(H,20,22)(H,24,25). The number of carboxylic acid groups (broad SMARTS) is 1. The Hall–Kier alpha value is -2.65. The first-order chi connectivity index (χ1) is 13.4. The van der Waals surface area contributed by atoms with Crippen LogP contribution in [0, 0.1) is 0 Å². The fourth-order valence-electron chi connectivity index (χ4n) is 3.88. The summed E-state index contributed by atoms with van der Waals surface area (Å²) in [6, 6.07) is 2.99. The van der Waals surface area contributed by atoms with Crippen molar-refractivity contribution in [2.45, 2.75) is 24.9 Å². The molecule has 0 radical (unpaired) electrons. The predicted molar refractivity (Wildman–Crippen MR) is 101 cm³/mol. The van der Waals surface area contributed by atoms with Gasteiger partial charge in [-0.2, -0.15) is 0 Å². The van der Waals surface area contributed by atoms with E-state index in [4.69, 9.17) is 9.47 Å². The number of rotatable bonds is 3. The SMILES string of the molecule is COc1c[nH]c(C(=O)N2CCC3(CC2)OCCc2cc(C(=O)O)sc23)cc1=O. The van der Waals surface area contributed by atoms with Gasteiger partial charge in [0.2, 0.25) is 5.43 Å². The topological polar surface area (TPSA) is 109 Å². The van der Waals surface area contributed by atoms with Crippen LogP contribution in [0.5, 0.6) is 5.75 Å². The lowest BCUT2D eigenvalue weighted by molar-refractivity contribution is -0.0906. The van der Waals surface area contributed by atoms with Crippen LogP contribution in [0.3, 0.4) is 0 Å². The molecule has 148 valence electrons. The Labute approximate surface area is 164 Å². The molecule has 8 nitrogen and oxygen atoms in total. The Morgan fingerprint density at radius 3 is 2.71 bits per heavy atom. The molecule has 0 atom stereocenters. The molecule has 28 heavy (non-hydrogen) atoms. The second-order valence-electron chi connectivity index (χ2n) is 6.93. The molecule has 0 saturated carbocycles. The van der Waals surface area contributed by atoms with Gasteiger partial charge in [0, 0.05) is 30.2 Å². The van der Waals surface area contributed by atoms with Crippen molar-refractivity contribution < 1.29 is 24.2 Å². The number of likely N-dealkylation sites (tertiary alicyclic amines) is 1. The lowest BCUT2D eigenvalue weighted by atomic mass is 9.85. The van der Waals surface area contributed by atoms with Crippen molar-refractivity contribution >= 4 is 23.2 Å².